The first-order valence-corrected chi connectivity index (χ1v) is 10.7. The van der Waals surface area contributed by atoms with Crippen molar-refractivity contribution in [2.24, 2.45) is 5.73 Å². The Bertz CT molecular complexity index is 1220. The number of primary amides is 1. The summed E-state index contributed by atoms with van der Waals surface area (Å²) >= 11 is 0. The van der Waals surface area contributed by atoms with Gasteiger partial charge in [-0.1, -0.05) is 18.2 Å². The van der Waals surface area contributed by atoms with Crippen LogP contribution in [0.15, 0.2) is 48.7 Å². The van der Waals surface area contributed by atoms with Crippen LogP contribution in [0.25, 0.3) is 0 Å². The van der Waals surface area contributed by atoms with Gasteiger partial charge in [0.15, 0.2) is 23.1 Å². The number of esters is 1. The molecule has 10 heteroatoms. The van der Waals surface area contributed by atoms with Gasteiger partial charge >= 0.3 is 5.97 Å². The summed E-state index contributed by atoms with van der Waals surface area (Å²) in [5.74, 6) is -1.54. The summed E-state index contributed by atoms with van der Waals surface area (Å²) in [4.78, 5) is 34.7. The normalized spacial score (nSPS) is 13.0. The molecular weight excluding hydrogens is 441 g/mol. The Kier molecular flexibility index (Phi) is 6.58. The standard InChI is InChI=1S/C24H24FN5O4/c1-30(15-9-6-10-15)22-17(25)13-27-24(29-22)28-18-12-20(19(33-2)11-16(18)21(26)31)34-23(32)14-7-4-3-5-8-14/h3-5,7-8,11-13,15H,6,9-10H2,1-2H3,(H2,26,31)(H,27,28,29). The van der Waals surface area contributed by atoms with E-state index in [1.54, 1.807) is 42.3 Å². The molecule has 0 saturated heterocycles. The van der Waals surface area contributed by atoms with E-state index in [1.165, 1.54) is 19.2 Å². The molecule has 0 unspecified atom stereocenters. The fourth-order valence-electron chi connectivity index (χ4n) is 3.57. The molecule has 2 aromatic carbocycles. The van der Waals surface area contributed by atoms with Crippen LogP contribution in [0.4, 0.5) is 21.8 Å². The van der Waals surface area contributed by atoms with E-state index in [-0.39, 0.29) is 40.6 Å². The minimum absolute atomic E-state index is 0.0515. The lowest BCUT2D eigenvalue weighted by molar-refractivity contribution is 0.0730. The number of aromatic nitrogens is 2. The molecule has 0 spiro atoms. The Labute approximate surface area is 195 Å². The Hall–Kier alpha value is -4.21. The molecule has 3 N–H and O–H groups in total. The van der Waals surface area contributed by atoms with Gasteiger partial charge in [0, 0.05) is 19.2 Å². The van der Waals surface area contributed by atoms with Crippen LogP contribution in [-0.2, 0) is 0 Å². The zero-order valence-corrected chi connectivity index (χ0v) is 18.7. The topological polar surface area (TPSA) is 120 Å². The predicted octanol–water partition coefficient (Wildman–Crippen LogP) is 3.67. The minimum Gasteiger partial charge on any atom is -0.493 e. The van der Waals surface area contributed by atoms with Crippen LogP contribution in [0.3, 0.4) is 0 Å². The quantitative estimate of drug-likeness (QED) is 0.382. The zero-order chi connectivity index (χ0) is 24.2. The fourth-order valence-corrected chi connectivity index (χ4v) is 3.57. The van der Waals surface area contributed by atoms with Crippen LogP contribution in [0, 0.1) is 5.82 Å². The monoisotopic (exact) mass is 465 g/mol. The van der Waals surface area contributed by atoms with Crippen molar-refractivity contribution in [3.05, 3.63) is 65.6 Å². The lowest BCUT2D eigenvalue weighted by Gasteiger charge is -2.35. The van der Waals surface area contributed by atoms with Gasteiger partial charge in [-0.15, -0.1) is 0 Å². The summed E-state index contributed by atoms with van der Waals surface area (Å²) in [6.07, 6.45) is 4.07. The highest BCUT2D eigenvalue weighted by Gasteiger charge is 2.26. The highest BCUT2D eigenvalue weighted by molar-refractivity contribution is 6.00. The highest BCUT2D eigenvalue weighted by atomic mass is 19.1. The summed E-state index contributed by atoms with van der Waals surface area (Å²) in [7, 11) is 3.15. The zero-order valence-electron chi connectivity index (χ0n) is 18.7. The van der Waals surface area contributed by atoms with Gasteiger partial charge in [0.05, 0.1) is 30.1 Å². The Morgan fingerprint density at radius 1 is 1.18 bits per heavy atom. The average Bonchev–Trinajstić information content (AvgIpc) is 2.79. The van der Waals surface area contributed by atoms with Gasteiger partial charge in [0.1, 0.15) is 0 Å². The van der Waals surface area contributed by atoms with Gasteiger partial charge in [0.25, 0.3) is 5.91 Å². The first-order valence-electron chi connectivity index (χ1n) is 10.7. The smallest absolute Gasteiger partial charge is 0.343 e. The Balaban J connectivity index is 1.67. The van der Waals surface area contributed by atoms with Crippen molar-refractivity contribution in [3.63, 3.8) is 0 Å². The van der Waals surface area contributed by atoms with Gasteiger partial charge in [-0.3, -0.25) is 4.79 Å². The molecule has 0 atom stereocenters. The molecular formula is C24H24FN5O4. The first kappa shape index (κ1) is 23.0. The number of hydrogen-bond acceptors (Lipinski definition) is 8. The number of nitrogens with one attached hydrogen (secondary N) is 1. The van der Waals surface area contributed by atoms with E-state index in [2.05, 4.69) is 15.3 Å². The summed E-state index contributed by atoms with van der Waals surface area (Å²) in [6, 6.07) is 11.4. The third-order valence-electron chi connectivity index (χ3n) is 5.71. The maximum absolute atomic E-state index is 14.4. The summed E-state index contributed by atoms with van der Waals surface area (Å²) < 4.78 is 25.2. The molecule has 1 amide bonds. The van der Waals surface area contributed by atoms with E-state index in [0.29, 0.717) is 5.56 Å². The molecule has 1 aliphatic rings. The van der Waals surface area contributed by atoms with E-state index in [4.69, 9.17) is 15.2 Å². The third kappa shape index (κ3) is 4.75. The molecule has 1 aliphatic carbocycles. The van der Waals surface area contributed by atoms with E-state index < -0.39 is 17.7 Å². The SMILES string of the molecule is COc1cc(C(N)=O)c(Nc2ncc(F)c(N(C)C3CCC3)n2)cc1OC(=O)c1ccccc1. The largest absolute Gasteiger partial charge is 0.493 e. The number of anilines is 3. The Morgan fingerprint density at radius 2 is 1.91 bits per heavy atom. The number of amides is 1. The van der Waals surface area contributed by atoms with Crippen molar-refractivity contribution in [1.82, 2.24) is 9.97 Å². The molecule has 0 aliphatic heterocycles. The summed E-state index contributed by atoms with van der Waals surface area (Å²) in [6.45, 7) is 0. The predicted molar refractivity (Wildman–Crippen MR) is 124 cm³/mol. The number of ether oxygens (including phenoxy) is 2. The van der Waals surface area contributed by atoms with E-state index in [0.717, 1.165) is 25.5 Å². The van der Waals surface area contributed by atoms with E-state index in [1.807, 2.05) is 0 Å². The Morgan fingerprint density at radius 3 is 2.53 bits per heavy atom. The molecule has 3 aromatic rings. The van der Waals surface area contributed by atoms with Gasteiger partial charge in [-0.25, -0.2) is 14.2 Å². The van der Waals surface area contributed by atoms with Gasteiger partial charge in [-0.05, 0) is 37.5 Å². The van der Waals surface area contributed by atoms with Gasteiger partial charge in [0.2, 0.25) is 5.95 Å². The van der Waals surface area contributed by atoms with Crippen LogP contribution >= 0.6 is 0 Å². The van der Waals surface area contributed by atoms with Gasteiger partial charge < -0.3 is 25.4 Å². The lowest BCUT2D eigenvalue weighted by Crippen LogP contribution is -2.38. The molecule has 1 fully saturated rings. The average molecular weight is 465 g/mol. The van der Waals surface area contributed by atoms with Crippen LogP contribution in [0.5, 0.6) is 11.5 Å². The number of nitrogens with zero attached hydrogens (tertiary/aromatic N) is 3. The summed E-state index contributed by atoms with van der Waals surface area (Å²) in [5.41, 5.74) is 6.12. The van der Waals surface area contributed by atoms with Crippen LogP contribution in [0.2, 0.25) is 0 Å². The number of benzene rings is 2. The molecule has 176 valence electrons. The van der Waals surface area contributed by atoms with Crippen LogP contribution < -0.4 is 25.4 Å². The maximum atomic E-state index is 14.4. The van der Waals surface area contributed by atoms with E-state index >= 15 is 0 Å². The molecule has 1 aromatic heterocycles. The number of methoxy groups -OCH3 is 1. The van der Waals surface area contributed by atoms with Crippen molar-refractivity contribution < 1.29 is 23.5 Å². The molecule has 0 radical (unpaired) electrons. The highest BCUT2D eigenvalue weighted by Crippen LogP contribution is 2.35. The minimum atomic E-state index is -0.754. The number of carbonyl (C=O) groups is 2. The lowest BCUT2D eigenvalue weighted by atomic mass is 9.92. The number of carbonyl (C=O) groups excluding carboxylic acids is 2. The van der Waals surface area contributed by atoms with Crippen molar-refractivity contribution >= 4 is 29.3 Å². The number of rotatable bonds is 8. The molecule has 0 bridgehead atoms. The number of nitrogens with two attached hydrogens (primary N) is 1. The third-order valence-corrected chi connectivity index (χ3v) is 5.71. The molecule has 1 heterocycles. The van der Waals surface area contributed by atoms with Crippen molar-refractivity contribution in [3.8, 4) is 11.5 Å². The van der Waals surface area contributed by atoms with Crippen molar-refractivity contribution in [2.45, 2.75) is 25.3 Å². The molecule has 34 heavy (non-hydrogen) atoms. The maximum Gasteiger partial charge on any atom is 0.343 e. The molecule has 4 rings (SSSR count). The van der Waals surface area contributed by atoms with Gasteiger partial charge in [-0.2, -0.15) is 4.98 Å². The first-order chi connectivity index (χ1) is 16.4. The van der Waals surface area contributed by atoms with Crippen molar-refractivity contribution in [2.75, 3.05) is 24.4 Å². The number of halogens is 1. The number of hydrogen-bond donors (Lipinski definition) is 2. The second-order valence-electron chi connectivity index (χ2n) is 7.85. The molecule has 1 saturated carbocycles. The van der Waals surface area contributed by atoms with Crippen LogP contribution in [0.1, 0.15) is 40.0 Å². The van der Waals surface area contributed by atoms with E-state index in [9.17, 15) is 14.0 Å². The molecule has 9 nitrogen and oxygen atoms in total. The van der Waals surface area contributed by atoms with Crippen LogP contribution in [-0.4, -0.2) is 42.0 Å². The van der Waals surface area contributed by atoms with Crippen molar-refractivity contribution in [1.29, 1.82) is 0 Å². The summed E-state index contributed by atoms with van der Waals surface area (Å²) in [5, 5.41) is 2.89. The second-order valence-corrected chi connectivity index (χ2v) is 7.85. The second kappa shape index (κ2) is 9.74. The fraction of sp³-hybridized carbons (Fsp3) is 0.250.